The second-order valence-electron chi connectivity index (χ2n) is 8.09. The van der Waals surface area contributed by atoms with Crippen LogP contribution in [0, 0.1) is 0 Å². The van der Waals surface area contributed by atoms with Crippen molar-refractivity contribution in [2.75, 3.05) is 36.9 Å². The summed E-state index contributed by atoms with van der Waals surface area (Å²) in [6.45, 7) is 7.44. The molecule has 4 N–H and O–H groups in total. The van der Waals surface area contributed by atoms with Crippen molar-refractivity contribution in [1.29, 1.82) is 0 Å². The van der Waals surface area contributed by atoms with Crippen LogP contribution in [0.2, 0.25) is 10.0 Å². The molecule has 0 fully saturated rings. The lowest BCUT2D eigenvalue weighted by molar-refractivity contribution is 0.0996. The molecule has 3 aromatic rings. The molecule has 196 valence electrons. The summed E-state index contributed by atoms with van der Waals surface area (Å²) in [5, 5.41) is 6.33. The van der Waals surface area contributed by atoms with Crippen molar-refractivity contribution in [3.8, 4) is 17.2 Å². The van der Waals surface area contributed by atoms with E-state index in [2.05, 4.69) is 29.4 Å². The number of hydrogen-bond acceptors (Lipinski definition) is 5. The van der Waals surface area contributed by atoms with Gasteiger partial charge in [-0.15, -0.1) is 0 Å². The van der Waals surface area contributed by atoms with E-state index in [9.17, 15) is 9.59 Å². The third-order valence-corrected chi connectivity index (χ3v) is 6.25. The van der Waals surface area contributed by atoms with Gasteiger partial charge in [0.25, 0.3) is 5.91 Å². The number of benzene rings is 3. The summed E-state index contributed by atoms with van der Waals surface area (Å²) in [7, 11) is 0. The van der Waals surface area contributed by atoms with Crippen molar-refractivity contribution in [2.24, 2.45) is 5.73 Å². The van der Waals surface area contributed by atoms with Crippen LogP contribution >= 0.6 is 23.2 Å². The van der Waals surface area contributed by atoms with Gasteiger partial charge in [-0.25, -0.2) is 4.79 Å². The van der Waals surface area contributed by atoms with E-state index in [-0.39, 0.29) is 5.56 Å². The Morgan fingerprint density at radius 2 is 1.51 bits per heavy atom. The van der Waals surface area contributed by atoms with Crippen molar-refractivity contribution in [2.45, 2.75) is 20.3 Å². The molecule has 3 rings (SSSR count). The highest BCUT2D eigenvalue weighted by Gasteiger charge is 2.13. The predicted molar refractivity (Wildman–Crippen MR) is 148 cm³/mol. The van der Waals surface area contributed by atoms with Gasteiger partial charge in [-0.3, -0.25) is 4.79 Å². The van der Waals surface area contributed by atoms with Gasteiger partial charge in [-0.1, -0.05) is 37.0 Å². The Kier molecular flexibility index (Phi) is 10.4. The molecule has 3 amide bonds. The van der Waals surface area contributed by atoms with Gasteiger partial charge in [0, 0.05) is 30.1 Å². The fraction of sp³-hybridized carbons (Fsp3) is 0.259. The SMILES string of the molecule is CCN(CC)CCCOc1cc(NC(=O)Nc2ccc(Oc3ccc(Cl)c(Cl)c3)cc2)ccc1C(N)=O. The topological polar surface area (TPSA) is 106 Å². The number of rotatable bonds is 12. The fourth-order valence-corrected chi connectivity index (χ4v) is 3.80. The number of hydrogen-bond donors (Lipinski definition) is 3. The van der Waals surface area contributed by atoms with Gasteiger partial charge in [0.1, 0.15) is 17.2 Å². The van der Waals surface area contributed by atoms with E-state index in [4.69, 9.17) is 38.4 Å². The lowest BCUT2D eigenvalue weighted by Gasteiger charge is -2.18. The standard InChI is InChI=1S/C27H30Cl2N4O4/c1-3-33(4-2)14-5-15-36-25-16-19(8-12-22(25)26(30)34)32-27(35)31-18-6-9-20(10-7-18)37-21-11-13-23(28)24(29)17-21/h6-13,16-17H,3-5,14-15H2,1-2H3,(H2,30,34)(H2,31,32,35). The number of carbonyl (C=O) groups excluding carboxylic acids is 2. The Balaban J connectivity index is 1.57. The average molecular weight is 545 g/mol. The van der Waals surface area contributed by atoms with Gasteiger partial charge in [0.15, 0.2) is 0 Å². The lowest BCUT2D eigenvalue weighted by Crippen LogP contribution is -2.25. The highest BCUT2D eigenvalue weighted by Crippen LogP contribution is 2.30. The number of nitrogens with one attached hydrogen (secondary N) is 2. The first-order valence-corrected chi connectivity index (χ1v) is 12.6. The van der Waals surface area contributed by atoms with Crippen LogP contribution < -0.4 is 25.8 Å². The van der Waals surface area contributed by atoms with Crippen molar-refractivity contribution in [1.82, 2.24) is 4.90 Å². The van der Waals surface area contributed by atoms with Crippen LogP contribution in [0.4, 0.5) is 16.2 Å². The summed E-state index contributed by atoms with van der Waals surface area (Å²) in [6.07, 6.45) is 0.794. The van der Waals surface area contributed by atoms with Crippen LogP contribution in [0.5, 0.6) is 17.2 Å². The molecule has 8 nitrogen and oxygen atoms in total. The van der Waals surface area contributed by atoms with E-state index in [1.165, 1.54) is 6.07 Å². The number of ether oxygens (including phenoxy) is 2. The van der Waals surface area contributed by atoms with E-state index in [0.717, 1.165) is 26.1 Å². The molecule has 0 unspecified atom stereocenters. The molecule has 10 heteroatoms. The Morgan fingerprint density at radius 1 is 0.865 bits per heavy atom. The summed E-state index contributed by atoms with van der Waals surface area (Å²) in [4.78, 5) is 26.6. The quantitative estimate of drug-likeness (QED) is 0.221. The first-order valence-electron chi connectivity index (χ1n) is 11.9. The second-order valence-corrected chi connectivity index (χ2v) is 8.90. The molecule has 3 aromatic carbocycles. The summed E-state index contributed by atoms with van der Waals surface area (Å²) < 4.78 is 11.6. The molecule has 0 aromatic heterocycles. The average Bonchev–Trinajstić information content (AvgIpc) is 2.87. The summed E-state index contributed by atoms with van der Waals surface area (Å²) in [6, 6.07) is 16.1. The Morgan fingerprint density at radius 3 is 2.16 bits per heavy atom. The summed E-state index contributed by atoms with van der Waals surface area (Å²) in [5.74, 6) is 0.832. The zero-order chi connectivity index (χ0) is 26.8. The monoisotopic (exact) mass is 544 g/mol. The summed E-state index contributed by atoms with van der Waals surface area (Å²) in [5.41, 5.74) is 6.76. The predicted octanol–water partition coefficient (Wildman–Crippen LogP) is 6.64. The highest BCUT2D eigenvalue weighted by molar-refractivity contribution is 6.42. The zero-order valence-corrected chi connectivity index (χ0v) is 22.2. The minimum absolute atomic E-state index is 0.256. The molecule has 37 heavy (non-hydrogen) atoms. The van der Waals surface area contributed by atoms with Crippen LogP contribution in [-0.2, 0) is 0 Å². The van der Waals surface area contributed by atoms with Crippen LogP contribution in [0.1, 0.15) is 30.6 Å². The smallest absolute Gasteiger partial charge is 0.323 e. The number of primary amides is 1. The first-order chi connectivity index (χ1) is 17.8. The third-order valence-electron chi connectivity index (χ3n) is 5.51. The molecular formula is C27H30Cl2N4O4. The Hall–Kier alpha value is -3.46. The van der Waals surface area contributed by atoms with E-state index in [0.29, 0.717) is 45.3 Å². The second kappa shape index (κ2) is 13.7. The molecule has 0 atom stereocenters. The summed E-state index contributed by atoms with van der Waals surface area (Å²) >= 11 is 11.9. The molecule has 0 aliphatic rings. The van der Waals surface area contributed by atoms with E-state index in [1.807, 2.05) is 0 Å². The van der Waals surface area contributed by atoms with Gasteiger partial charge >= 0.3 is 6.03 Å². The number of carbonyl (C=O) groups is 2. The zero-order valence-electron chi connectivity index (χ0n) is 20.7. The van der Waals surface area contributed by atoms with Crippen molar-refractivity contribution in [3.05, 3.63) is 76.3 Å². The van der Waals surface area contributed by atoms with Crippen LogP contribution in [0.3, 0.4) is 0 Å². The number of urea groups is 1. The number of halogens is 2. The van der Waals surface area contributed by atoms with Crippen LogP contribution in [0.25, 0.3) is 0 Å². The third kappa shape index (κ3) is 8.56. The Bertz CT molecular complexity index is 1220. The number of nitrogens with zero attached hydrogens (tertiary/aromatic N) is 1. The van der Waals surface area contributed by atoms with Crippen LogP contribution in [-0.4, -0.2) is 43.1 Å². The molecule has 0 heterocycles. The normalized spacial score (nSPS) is 10.7. The van der Waals surface area contributed by atoms with E-state index >= 15 is 0 Å². The lowest BCUT2D eigenvalue weighted by atomic mass is 10.1. The molecule has 0 spiro atoms. The number of anilines is 2. The minimum atomic E-state index is -0.599. The van der Waals surface area contributed by atoms with Crippen molar-refractivity contribution < 1.29 is 19.1 Å². The maximum Gasteiger partial charge on any atom is 0.323 e. The molecule has 0 bridgehead atoms. The molecule has 0 saturated heterocycles. The highest BCUT2D eigenvalue weighted by atomic mass is 35.5. The minimum Gasteiger partial charge on any atom is -0.493 e. The Labute approximate surface area is 226 Å². The maximum atomic E-state index is 12.5. The first kappa shape index (κ1) is 28.1. The molecule has 0 saturated carbocycles. The molecule has 0 aliphatic heterocycles. The molecule has 0 radical (unpaired) electrons. The van der Waals surface area contributed by atoms with Gasteiger partial charge in [-0.2, -0.15) is 0 Å². The van der Waals surface area contributed by atoms with Crippen LogP contribution in [0.15, 0.2) is 60.7 Å². The fourth-order valence-electron chi connectivity index (χ4n) is 3.51. The number of amides is 3. The van der Waals surface area contributed by atoms with E-state index < -0.39 is 11.9 Å². The molecule has 0 aliphatic carbocycles. The van der Waals surface area contributed by atoms with Crippen molar-refractivity contribution >= 4 is 46.5 Å². The molecular weight excluding hydrogens is 515 g/mol. The van der Waals surface area contributed by atoms with E-state index in [1.54, 1.807) is 54.6 Å². The van der Waals surface area contributed by atoms with Crippen molar-refractivity contribution in [3.63, 3.8) is 0 Å². The number of nitrogens with two attached hydrogens (primary N) is 1. The van der Waals surface area contributed by atoms with Gasteiger partial charge in [0.2, 0.25) is 0 Å². The largest absolute Gasteiger partial charge is 0.493 e. The van der Waals surface area contributed by atoms with Gasteiger partial charge in [0.05, 0.1) is 22.2 Å². The van der Waals surface area contributed by atoms with Gasteiger partial charge < -0.3 is 30.7 Å². The maximum absolute atomic E-state index is 12.5. The van der Waals surface area contributed by atoms with Gasteiger partial charge in [-0.05, 0) is 68.0 Å².